The van der Waals surface area contributed by atoms with Gasteiger partial charge in [0.25, 0.3) is 0 Å². The standard InChI is InChI=1S/C13H11Cl2FN2/c1-7-5-10(17)9(15)6-12(7)18-11-4-2-3-8(14)13(11)16/h2-6,18H,17H2,1H3. The fourth-order valence-corrected chi connectivity index (χ4v) is 1.92. The van der Waals surface area contributed by atoms with Gasteiger partial charge in [-0.2, -0.15) is 0 Å². The second-order valence-electron chi connectivity index (χ2n) is 3.92. The van der Waals surface area contributed by atoms with E-state index in [0.29, 0.717) is 22.1 Å². The zero-order chi connectivity index (χ0) is 13.3. The van der Waals surface area contributed by atoms with Crippen LogP contribution in [0.1, 0.15) is 5.56 Å². The van der Waals surface area contributed by atoms with E-state index in [1.807, 2.05) is 6.92 Å². The zero-order valence-corrected chi connectivity index (χ0v) is 11.1. The van der Waals surface area contributed by atoms with Crippen molar-refractivity contribution >= 4 is 40.3 Å². The minimum Gasteiger partial charge on any atom is -0.398 e. The first-order chi connectivity index (χ1) is 8.49. The maximum absolute atomic E-state index is 13.7. The molecular weight excluding hydrogens is 274 g/mol. The lowest BCUT2D eigenvalue weighted by Gasteiger charge is -2.12. The van der Waals surface area contributed by atoms with Gasteiger partial charge in [-0.15, -0.1) is 0 Å². The molecule has 0 heterocycles. The van der Waals surface area contributed by atoms with Crippen molar-refractivity contribution in [1.29, 1.82) is 0 Å². The van der Waals surface area contributed by atoms with Crippen molar-refractivity contribution in [2.75, 3.05) is 11.1 Å². The van der Waals surface area contributed by atoms with Crippen LogP contribution in [-0.4, -0.2) is 0 Å². The van der Waals surface area contributed by atoms with E-state index >= 15 is 0 Å². The van der Waals surface area contributed by atoms with Gasteiger partial charge in [0.1, 0.15) is 0 Å². The first-order valence-electron chi connectivity index (χ1n) is 5.25. The topological polar surface area (TPSA) is 38.0 Å². The summed E-state index contributed by atoms with van der Waals surface area (Å²) >= 11 is 11.7. The van der Waals surface area contributed by atoms with E-state index in [9.17, 15) is 4.39 Å². The average molecular weight is 285 g/mol. The third kappa shape index (κ3) is 2.52. The molecule has 0 aliphatic carbocycles. The molecule has 0 saturated carbocycles. The Morgan fingerprint density at radius 3 is 2.56 bits per heavy atom. The lowest BCUT2D eigenvalue weighted by molar-refractivity contribution is 0.632. The minimum atomic E-state index is -0.494. The second-order valence-corrected chi connectivity index (χ2v) is 4.73. The van der Waals surface area contributed by atoms with Crippen LogP contribution < -0.4 is 11.1 Å². The van der Waals surface area contributed by atoms with Gasteiger partial charge in [-0.25, -0.2) is 4.39 Å². The molecule has 0 aliphatic heterocycles. The monoisotopic (exact) mass is 284 g/mol. The third-order valence-electron chi connectivity index (χ3n) is 2.56. The average Bonchev–Trinajstić information content (AvgIpc) is 2.32. The van der Waals surface area contributed by atoms with Crippen LogP contribution in [0.15, 0.2) is 30.3 Å². The summed E-state index contributed by atoms with van der Waals surface area (Å²) in [6.07, 6.45) is 0. The van der Waals surface area contributed by atoms with Crippen molar-refractivity contribution in [3.8, 4) is 0 Å². The number of anilines is 3. The van der Waals surface area contributed by atoms with Crippen molar-refractivity contribution in [1.82, 2.24) is 0 Å². The Morgan fingerprint density at radius 2 is 1.83 bits per heavy atom. The predicted molar refractivity (Wildman–Crippen MR) is 75.3 cm³/mol. The van der Waals surface area contributed by atoms with Gasteiger partial charge in [-0.05, 0) is 36.8 Å². The van der Waals surface area contributed by atoms with Gasteiger partial charge in [0.15, 0.2) is 5.82 Å². The molecular formula is C13H11Cl2FN2. The van der Waals surface area contributed by atoms with Crippen LogP contribution in [0.25, 0.3) is 0 Å². The second kappa shape index (κ2) is 5.04. The quantitative estimate of drug-likeness (QED) is 0.780. The summed E-state index contributed by atoms with van der Waals surface area (Å²) in [4.78, 5) is 0. The van der Waals surface area contributed by atoms with Crippen LogP contribution in [0.4, 0.5) is 21.5 Å². The van der Waals surface area contributed by atoms with Crippen LogP contribution in [0.2, 0.25) is 10.0 Å². The molecule has 2 aromatic carbocycles. The lowest BCUT2D eigenvalue weighted by atomic mass is 10.1. The Bertz CT molecular complexity index is 600. The van der Waals surface area contributed by atoms with Gasteiger partial charge < -0.3 is 11.1 Å². The fourth-order valence-electron chi connectivity index (χ4n) is 1.58. The summed E-state index contributed by atoms with van der Waals surface area (Å²) in [6, 6.07) is 8.15. The minimum absolute atomic E-state index is 0.0687. The first-order valence-corrected chi connectivity index (χ1v) is 6.01. The molecule has 2 nitrogen and oxygen atoms in total. The van der Waals surface area contributed by atoms with Crippen LogP contribution in [0.5, 0.6) is 0 Å². The highest BCUT2D eigenvalue weighted by molar-refractivity contribution is 6.33. The number of nitrogen functional groups attached to an aromatic ring is 1. The van der Waals surface area contributed by atoms with E-state index in [0.717, 1.165) is 5.56 Å². The maximum atomic E-state index is 13.7. The molecule has 0 amide bonds. The number of benzene rings is 2. The van der Waals surface area contributed by atoms with E-state index < -0.39 is 5.82 Å². The Morgan fingerprint density at radius 1 is 1.11 bits per heavy atom. The number of aryl methyl sites for hydroxylation is 1. The largest absolute Gasteiger partial charge is 0.398 e. The normalized spacial score (nSPS) is 10.4. The molecule has 2 rings (SSSR count). The molecule has 2 aromatic rings. The van der Waals surface area contributed by atoms with Crippen molar-refractivity contribution in [3.63, 3.8) is 0 Å². The van der Waals surface area contributed by atoms with Gasteiger partial charge in [-0.3, -0.25) is 0 Å². The van der Waals surface area contributed by atoms with Gasteiger partial charge in [0, 0.05) is 5.69 Å². The number of nitrogens with two attached hydrogens (primary N) is 1. The smallest absolute Gasteiger partial charge is 0.165 e. The summed E-state index contributed by atoms with van der Waals surface area (Å²) < 4.78 is 13.7. The molecule has 0 unspecified atom stereocenters. The third-order valence-corrected chi connectivity index (χ3v) is 3.18. The predicted octanol–water partition coefficient (Wildman–Crippen LogP) is 4.77. The highest BCUT2D eigenvalue weighted by atomic mass is 35.5. The van der Waals surface area contributed by atoms with Crippen LogP contribution in [0.3, 0.4) is 0 Å². The van der Waals surface area contributed by atoms with E-state index in [-0.39, 0.29) is 5.02 Å². The van der Waals surface area contributed by atoms with E-state index in [2.05, 4.69) is 5.32 Å². The Balaban J connectivity index is 2.40. The van der Waals surface area contributed by atoms with Gasteiger partial charge in [0.2, 0.25) is 0 Å². The number of hydrogen-bond donors (Lipinski definition) is 2. The summed E-state index contributed by atoms with van der Waals surface area (Å²) in [5.74, 6) is -0.494. The van der Waals surface area contributed by atoms with Crippen molar-refractivity contribution in [3.05, 3.63) is 51.8 Å². The number of halogens is 3. The summed E-state index contributed by atoms with van der Waals surface area (Å²) in [5, 5.41) is 3.44. The molecule has 94 valence electrons. The molecule has 5 heteroatoms. The molecule has 0 radical (unpaired) electrons. The van der Waals surface area contributed by atoms with Crippen molar-refractivity contribution in [2.24, 2.45) is 0 Å². The zero-order valence-electron chi connectivity index (χ0n) is 9.60. The Labute approximate surface area is 115 Å². The number of hydrogen-bond acceptors (Lipinski definition) is 2. The molecule has 0 bridgehead atoms. The molecule has 0 fully saturated rings. The first kappa shape index (κ1) is 13.0. The number of rotatable bonds is 2. The maximum Gasteiger partial charge on any atom is 0.165 e. The van der Waals surface area contributed by atoms with Crippen molar-refractivity contribution < 1.29 is 4.39 Å². The number of nitrogens with one attached hydrogen (secondary N) is 1. The van der Waals surface area contributed by atoms with E-state index in [1.165, 1.54) is 6.07 Å². The Kier molecular flexibility index (Phi) is 3.64. The molecule has 18 heavy (non-hydrogen) atoms. The van der Waals surface area contributed by atoms with Gasteiger partial charge in [-0.1, -0.05) is 29.3 Å². The highest BCUT2D eigenvalue weighted by Crippen LogP contribution is 2.31. The lowest BCUT2D eigenvalue weighted by Crippen LogP contribution is -1.98. The fraction of sp³-hybridized carbons (Fsp3) is 0.0769. The van der Waals surface area contributed by atoms with Crippen LogP contribution in [-0.2, 0) is 0 Å². The Hall–Kier alpha value is -1.45. The molecule has 0 atom stereocenters. The summed E-state index contributed by atoms with van der Waals surface area (Å²) in [5.41, 5.74) is 8.03. The van der Waals surface area contributed by atoms with Gasteiger partial charge in [0.05, 0.1) is 21.4 Å². The van der Waals surface area contributed by atoms with Gasteiger partial charge >= 0.3 is 0 Å². The van der Waals surface area contributed by atoms with Crippen LogP contribution in [0, 0.1) is 12.7 Å². The molecule has 0 aromatic heterocycles. The van der Waals surface area contributed by atoms with E-state index in [4.69, 9.17) is 28.9 Å². The SMILES string of the molecule is Cc1cc(N)c(Cl)cc1Nc1cccc(Cl)c1F. The van der Waals surface area contributed by atoms with Crippen molar-refractivity contribution in [2.45, 2.75) is 6.92 Å². The molecule has 3 N–H and O–H groups in total. The highest BCUT2D eigenvalue weighted by Gasteiger charge is 2.09. The molecule has 0 saturated heterocycles. The molecule has 0 spiro atoms. The molecule has 0 aliphatic rings. The van der Waals surface area contributed by atoms with Crippen LogP contribution >= 0.6 is 23.2 Å². The summed E-state index contributed by atoms with van der Waals surface area (Å²) in [7, 11) is 0. The van der Waals surface area contributed by atoms with E-state index in [1.54, 1.807) is 24.3 Å². The summed E-state index contributed by atoms with van der Waals surface area (Å²) in [6.45, 7) is 1.86.